The van der Waals surface area contributed by atoms with Crippen molar-refractivity contribution in [3.8, 4) is 0 Å². The van der Waals surface area contributed by atoms with Gasteiger partial charge in [-0.25, -0.2) is 4.99 Å². The zero-order valence-corrected chi connectivity index (χ0v) is 18.6. The topological polar surface area (TPSA) is 66.7 Å². The highest BCUT2D eigenvalue weighted by Gasteiger charge is 2.18. The van der Waals surface area contributed by atoms with Crippen molar-refractivity contribution in [2.75, 3.05) is 20.3 Å². The molecule has 0 saturated carbocycles. The molecule has 5 nitrogen and oxygen atoms in total. The number of nitrogens with zero attached hydrogens (tertiary/aromatic N) is 2. The summed E-state index contributed by atoms with van der Waals surface area (Å²) in [4.78, 5) is 11.0. The highest BCUT2D eigenvalue weighted by Crippen LogP contribution is 2.33. The van der Waals surface area contributed by atoms with Gasteiger partial charge in [0.05, 0.1) is 18.9 Å². The van der Waals surface area contributed by atoms with E-state index in [2.05, 4.69) is 35.6 Å². The molecule has 0 aliphatic carbocycles. The number of aliphatic imine (C=N–C) groups is 1. The fraction of sp³-hybridized carbons (Fsp3) is 0.304. The zero-order chi connectivity index (χ0) is 21.6. The maximum absolute atomic E-state index is 7.76. The molecule has 0 unspecified atom stereocenters. The molecule has 0 radical (unpaired) electrons. The van der Waals surface area contributed by atoms with Gasteiger partial charge in [-0.15, -0.1) is 6.58 Å². The van der Waals surface area contributed by atoms with E-state index in [9.17, 15) is 0 Å². The molecule has 1 aliphatic rings. The van der Waals surface area contributed by atoms with E-state index < -0.39 is 0 Å². The Balaban J connectivity index is 0.000000960. The van der Waals surface area contributed by atoms with Crippen molar-refractivity contribution >= 4 is 22.4 Å². The summed E-state index contributed by atoms with van der Waals surface area (Å²) in [6.07, 6.45) is 10.0. The summed E-state index contributed by atoms with van der Waals surface area (Å²) >= 11 is 1.60. The van der Waals surface area contributed by atoms with Gasteiger partial charge in [-0.1, -0.05) is 42.6 Å². The number of nitrogens with one attached hydrogen (secondary N) is 1. The normalized spacial score (nSPS) is 16.0. The second-order valence-corrected chi connectivity index (χ2v) is 7.07. The highest BCUT2D eigenvalue weighted by molar-refractivity contribution is 8.12. The van der Waals surface area contributed by atoms with Gasteiger partial charge in [-0.05, 0) is 32.4 Å². The minimum absolute atomic E-state index is 0.0833. The molecule has 0 saturated heterocycles. The number of rotatable bonds is 7. The van der Waals surface area contributed by atoms with Gasteiger partial charge >= 0.3 is 0 Å². The first-order valence-corrected chi connectivity index (χ1v) is 10.2. The van der Waals surface area contributed by atoms with Gasteiger partial charge in [-0.2, -0.15) is 0 Å². The third kappa shape index (κ3) is 7.75. The van der Waals surface area contributed by atoms with Crippen LogP contribution < -0.4 is 5.32 Å². The monoisotopic (exact) mass is 413 g/mol. The Morgan fingerprint density at radius 1 is 1.45 bits per heavy atom. The predicted octanol–water partition coefficient (Wildman–Crippen LogP) is 5.07. The van der Waals surface area contributed by atoms with E-state index in [1.54, 1.807) is 18.0 Å². The second kappa shape index (κ2) is 13.6. The van der Waals surface area contributed by atoms with Crippen molar-refractivity contribution in [3.63, 3.8) is 0 Å². The number of aliphatic hydroxyl groups is 1. The number of pyridine rings is 1. The van der Waals surface area contributed by atoms with E-state index in [4.69, 9.17) is 14.8 Å². The molecular formula is C23H31N3O2S. The summed E-state index contributed by atoms with van der Waals surface area (Å²) in [6, 6.07) is 3.93. The van der Waals surface area contributed by atoms with Crippen molar-refractivity contribution in [1.82, 2.24) is 10.3 Å². The van der Waals surface area contributed by atoms with Gasteiger partial charge in [0.15, 0.2) is 0 Å². The molecular weight excluding hydrogens is 382 g/mol. The number of aliphatic hydroxyl groups excluding tert-OH is 1. The second-order valence-electron chi connectivity index (χ2n) is 5.93. The first-order chi connectivity index (χ1) is 14.0. The third-order valence-corrected chi connectivity index (χ3v) is 5.19. The minimum atomic E-state index is 0.0833. The van der Waals surface area contributed by atoms with Crippen LogP contribution in [0.25, 0.3) is 4.91 Å². The molecule has 0 amide bonds. The van der Waals surface area contributed by atoms with Crippen LogP contribution in [0.3, 0.4) is 0 Å². The minimum Gasteiger partial charge on any atom is -0.477 e. The molecule has 1 aromatic rings. The van der Waals surface area contributed by atoms with Crippen molar-refractivity contribution in [3.05, 3.63) is 83.5 Å². The molecule has 29 heavy (non-hydrogen) atoms. The van der Waals surface area contributed by atoms with Crippen molar-refractivity contribution < 1.29 is 9.84 Å². The Bertz CT molecular complexity index is 809. The van der Waals surface area contributed by atoms with Crippen LogP contribution in [0.15, 0.2) is 83.0 Å². The standard InChI is InChI=1S/C20H25N3OS.C3H6O/c1-6-16-10-12-24-20(21-5)19(16)23-14(3)18(7-2)25-15(4)17-9-8-11-22-13-17;1-2-3-4/h6-9,11,13,21H,4,10,12H2,1-3,5H3;2,4H,1,3H2/b16-6-,18-7-,23-14?;. The lowest BCUT2D eigenvalue weighted by atomic mass is 10.1. The quantitative estimate of drug-likeness (QED) is 0.482. The SMILES string of the molecule is C=C(S/C(=C\C)C(C)=NC1=C(NC)OCC/C1=C/C)c1cccnc1.C=CCO. The first-order valence-electron chi connectivity index (χ1n) is 9.43. The van der Waals surface area contributed by atoms with Crippen LogP contribution in [0.5, 0.6) is 0 Å². The van der Waals surface area contributed by atoms with E-state index in [-0.39, 0.29) is 6.61 Å². The van der Waals surface area contributed by atoms with Crippen LogP contribution in [-0.4, -0.2) is 36.1 Å². The van der Waals surface area contributed by atoms with Crippen molar-refractivity contribution in [2.24, 2.45) is 4.99 Å². The number of hydrogen-bond donors (Lipinski definition) is 2. The molecule has 1 aliphatic heterocycles. The Morgan fingerprint density at radius 2 is 2.17 bits per heavy atom. The zero-order valence-electron chi connectivity index (χ0n) is 17.7. The van der Waals surface area contributed by atoms with Crippen LogP contribution >= 0.6 is 11.8 Å². The number of thioether (sulfide) groups is 1. The van der Waals surface area contributed by atoms with E-state index in [1.807, 2.05) is 46.1 Å². The van der Waals surface area contributed by atoms with Gasteiger partial charge in [0.2, 0.25) is 5.88 Å². The van der Waals surface area contributed by atoms with Crippen LogP contribution in [0.4, 0.5) is 0 Å². The predicted molar refractivity (Wildman–Crippen MR) is 125 cm³/mol. The summed E-state index contributed by atoms with van der Waals surface area (Å²) in [7, 11) is 1.86. The fourth-order valence-corrected chi connectivity index (χ4v) is 3.29. The fourth-order valence-electron chi connectivity index (χ4n) is 2.47. The molecule has 156 valence electrons. The Hall–Kier alpha value is -2.57. The molecule has 0 atom stereocenters. The lowest BCUT2D eigenvalue weighted by Crippen LogP contribution is -2.19. The lowest BCUT2D eigenvalue weighted by Gasteiger charge is -2.21. The average molecular weight is 414 g/mol. The Morgan fingerprint density at radius 3 is 2.69 bits per heavy atom. The highest BCUT2D eigenvalue weighted by atomic mass is 32.2. The summed E-state index contributed by atoms with van der Waals surface area (Å²) in [5.41, 5.74) is 4.03. The molecule has 6 heteroatoms. The van der Waals surface area contributed by atoms with Gasteiger partial charge in [0.25, 0.3) is 0 Å². The third-order valence-electron chi connectivity index (χ3n) is 3.96. The van der Waals surface area contributed by atoms with Gasteiger partial charge in [-0.3, -0.25) is 4.98 Å². The van der Waals surface area contributed by atoms with E-state index in [1.165, 1.54) is 11.6 Å². The maximum Gasteiger partial charge on any atom is 0.213 e. The molecule has 1 aromatic heterocycles. The van der Waals surface area contributed by atoms with Crippen LogP contribution in [0, 0.1) is 0 Å². The number of aromatic nitrogens is 1. The smallest absolute Gasteiger partial charge is 0.213 e. The average Bonchev–Trinajstić information content (AvgIpc) is 2.77. The maximum atomic E-state index is 7.76. The molecule has 0 spiro atoms. The molecule has 0 fully saturated rings. The molecule has 2 heterocycles. The Kier molecular flexibility index (Phi) is 11.5. The first kappa shape index (κ1) is 24.5. The van der Waals surface area contributed by atoms with Crippen LogP contribution in [0.1, 0.15) is 32.8 Å². The van der Waals surface area contributed by atoms with Gasteiger partial charge in [0, 0.05) is 41.2 Å². The largest absolute Gasteiger partial charge is 0.477 e. The van der Waals surface area contributed by atoms with Gasteiger partial charge < -0.3 is 15.2 Å². The molecule has 2 N–H and O–H groups in total. The Labute approximate surface area is 178 Å². The summed E-state index contributed by atoms with van der Waals surface area (Å²) < 4.78 is 5.71. The molecule has 2 rings (SSSR count). The van der Waals surface area contributed by atoms with Crippen molar-refractivity contribution in [1.29, 1.82) is 0 Å². The van der Waals surface area contributed by atoms with Crippen LogP contribution in [0.2, 0.25) is 0 Å². The number of ether oxygens (including phenoxy) is 1. The van der Waals surface area contributed by atoms with Crippen LogP contribution in [-0.2, 0) is 4.74 Å². The van der Waals surface area contributed by atoms with E-state index in [0.29, 0.717) is 6.61 Å². The molecule has 0 aromatic carbocycles. The summed E-state index contributed by atoms with van der Waals surface area (Å²) in [5, 5.41) is 10.9. The lowest BCUT2D eigenvalue weighted by molar-refractivity contribution is 0.184. The molecule has 0 bridgehead atoms. The van der Waals surface area contributed by atoms with E-state index in [0.717, 1.165) is 39.1 Å². The van der Waals surface area contributed by atoms with Gasteiger partial charge in [0.1, 0.15) is 5.70 Å². The van der Waals surface area contributed by atoms with Crippen molar-refractivity contribution in [2.45, 2.75) is 27.2 Å². The number of hydrogen-bond acceptors (Lipinski definition) is 6. The van der Waals surface area contributed by atoms with E-state index >= 15 is 0 Å². The number of allylic oxidation sites excluding steroid dienone is 4. The summed E-state index contributed by atoms with van der Waals surface area (Å²) in [6.45, 7) is 14.2. The summed E-state index contributed by atoms with van der Waals surface area (Å²) in [5.74, 6) is 0.727.